The molecule has 1 aromatic heterocycles. The third-order valence-electron chi connectivity index (χ3n) is 3.86. The van der Waals surface area contributed by atoms with Crippen molar-refractivity contribution in [1.29, 1.82) is 0 Å². The molecule has 6 heteroatoms. The zero-order chi connectivity index (χ0) is 16.6. The second-order valence-corrected chi connectivity index (χ2v) is 5.74. The van der Waals surface area contributed by atoms with Crippen molar-refractivity contribution >= 4 is 12.4 Å². The predicted octanol–water partition coefficient (Wildman–Crippen LogP) is 3.20. The second-order valence-electron chi connectivity index (χ2n) is 5.74. The van der Waals surface area contributed by atoms with Gasteiger partial charge in [0.05, 0.1) is 13.1 Å². The Hall–Kier alpha value is -2.21. The Labute approximate surface area is 154 Å². The van der Waals surface area contributed by atoms with Gasteiger partial charge in [0.1, 0.15) is 0 Å². The van der Waals surface area contributed by atoms with Crippen molar-refractivity contribution in [2.45, 2.75) is 26.1 Å². The van der Waals surface area contributed by atoms with Crippen molar-refractivity contribution in [3.63, 3.8) is 0 Å². The highest BCUT2D eigenvalue weighted by molar-refractivity contribution is 5.85. The van der Waals surface area contributed by atoms with E-state index in [4.69, 9.17) is 10.3 Å². The fraction of sp³-hybridized carbons (Fsp3) is 0.263. The van der Waals surface area contributed by atoms with E-state index in [0.29, 0.717) is 18.3 Å². The molecule has 1 heterocycles. The van der Waals surface area contributed by atoms with Crippen molar-refractivity contribution in [3.8, 4) is 0 Å². The molecule has 5 nitrogen and oxygen atoms in total. The van der Waals surface area contributed by atoms with Gasteiger partial charge >= 0.3 is 0 Å². The zero-order valence-electron chi connectivity index (χ0n) is 14.0. The number of benzene rings is 2. The summed E-state index contributed by atoms with van der Waals surface area (Å²) in [6, 6.07) is 20.9. The number of hydrogen-bond donors (Lipinski definition) is 1. The fourth-order valence-electron chi connectivity index (χ4n) is 2.62. The lowest BCUT2D eigenvalue weighted by Gasteiger charge is -2.21. The molecule has 25 heavy (non-hydrogen) atoms. The van der Waals surface area contributed by atoms with Gasteiger partial charge < -0.3 is 10.3 Å². The van der Waals surface area contributed by atoms with E-state index in [1.54, 1.807) is 0 Å². The lowest BCUT2D eigenvalue weighted by atomic mass is 10.1. The van der Waals surface area contributed by atoms with Crippen LogP contribution in [0.25, 0.3) is 0 Å². The highest BCUT2D eigenvalue weighted by Gasteiger charge is 2.12. The Bertz CT molecular complexity index is 733. The molecule has 0 saturated carbocycles. The number of rotatable bonds is 8. The summed E-state index contributed by atoms with van der Waals surface area (Å²) in [5.74, 6) is 1.16. The predicted molar refractivity (Wildman–Crippen MR) is 100 cm³/mol. The average molecular weight is 359 g/mol. The minimum absolute atomic E-state index is 0. The van der Waals surface area contributed by atoms with E-state index < -0.39 is 0 Å². The zero-order valence-corrected chi connectivity index (χ0v) is 14.9. The van der Waals surface area contributed by atoms with Crippen LogP contribution in [-0.4, -0.2) is 21.6 Å². The normalized spacial score (nSPS) is 10.6. The van der Waals surface area contributed by atoms with Gasteiger partial charge in [-0.05, 0) is 17.5 Å². The van der Waals surface area contributed by atoms with E-state index in [1.165, 1.54) is 11.1 Å². The first-order valence-electron chi connectivity index (χ1n) is 8.15. The van der Waals surface area contributed by atoms with Gasteiger partial charge in [-0.3, -0.25) is 4.90 Å². The number of halogens is 1. The van der Waals surface area contributed by atoms with Gasteiger partial charge in [0, 0.05) is 13.1 Å². The maximum absolute atomic E-state index is 5.54. The Kier molecular flexibility index (Phi) is 7.60. The van der Waals surface area contributed by atoms with Crippen LogP contribution in [0, 0.1) is 0 Å². The molecule has 2 N–H and O–H groups in total. The third-order valence-corrected chi connectivity index (χ3v) is 3.86. The van der Waals surface area contributed by atoms with E-state index >= 15 is 0 Å². The van der Waals surface area contributed by atoms with Crippen LogP contribution in [-0.2, 0) is 26.1 Å². The van der Waals surface area contributed by atoms with E-state index in [0.717, 1.165) is 19.5 Å². The van der Waals surface area contributed by atoms with Gasteiger partial charge in [-0.15, -0.1) is 12.4 Å². The summed E-state index contributed by atoms with van der Waals surface area (Å²) in [6.45, 7) is 2.69. The van der Waals surface area contributed by atoms with E-state index in [9.17, 15) is 0 Å². The summed E-state index contributed by atoms with van der Waals surface area (Å²) < 4.78 is 5.11. The molecule has 0 fully saturated rings. The van der Waals surface area contributed by atoms with E-state index in [2.05, 4.69) is 63.6 Å². The molecule has 0 bridgehead atoms. The molecule has 0 unspecified atom stereocenters. The standard InChI is InChI=1S/C19H22N4O.ClH/c20-13-19-21-18(22-24-19)15-23(14-17-9-5-2-6-10-17)12-11-16-7-3-1-4-8-16;/h1-10H,11-15,20H2;1H. The summed E-state index contributed by atoms with van der Waals surface area (Å²) in [6.07, 6.45) is 0.981. The molecule has 2 aromatic carbocycles. The highest BCUT2D eigenvalue weighted by Crippen LogP contribution is 2.10. The van der Waals surface area contributed by atoms with Gasteiger partial charge in [-0.2, -0.15) is 4.98 Å². The summed E-state index contributed by atoms with van der Waals surface area (Å²) in [7, 11) is 0. The Morgan fingerprint density at radius 2 is 1.52 bits per heavy atom. The molecule has 0 aliphatic rings. The van der Waals surface area contributed by atoms with Gasteiger partial charge in [-0.25, -0.2) is 0 Å². The Balaban J connectivity index is 0.00000225. The molecule has 132 valence electrons. The molecule has 3 aromatic rings. The molecule has 0 spiro atoms. The van der Waals surface area contributed by atoms with Gasteiger partial charge in [0.15, 0.2) is 5.82 Å². The topological polar surface area (TPSA) is 68.2 Å². The summed E-state index contributed by atoms with van der Waals surface area (Å²) >= 11 is 0. The molecule has 0 amide bonds. The fourth-order valence-corrected chi connectivity index (χ4v) is 2.62. The number of aromatic nitrogens is 2. The largest absolute Gasteiger partial charge is 0.338 e. The molecule has 3 rings (SSSR count). The number of nitrogens with two attached hydrogens (primary N) is 1. The molecular formula is C19H23ClN4O. The van der Waals surface area contributed by atoms with Crippen molar-refractivity contribution in [3.05, 3.63) is 83.5 Å². The molecule has 0 saturated heterocycles. The van der Waals surface area contributed by atoms with Gasteiger partial charge in [-0.1, -0.05) is 65.8 Å². The van der Waals surface area contributed by atoms with Crippen LogP contribution < -0.4 is 5.73 Å². The van der Waals surface area contributed by atoms with Crippen molar-refractivity contribution in [2.24, 2.45) is 5.73 Å². The van der Waals surface area contributed by atoms with Crippen LogP contribution >= 0.6 is 12.4 Å². The lowest BCUT2D eigenvalue weighted by Crippen LogP contribution is -2.26. The molecular weight excluding hydrogens is 336 g/mol. The summed E-state index contributed by atoms with van der Waals surface area (Å²) in [5, 5.41) is 4.02. The minimum Gasteiger partial charge on any atom is -0.338 e. The van der Waals surface area contributed by atoms with E-state index in [1.807, 2.05) is 12.1 Å². The molecule has 0 radical (unpaired) electrons. The maximum atomic E-state index is 5.54. The SMILES string of the molecule is Cl.NCc1nc(CN(CCc2ccccc2)Cc2ccccc2)no1. The molecule has 0 atom stereocenters. The van der Waals surface area contributed by atoms with Crippen molar-refractivity contribution in [1.82, 2.24) is 15.0 Å². The van der Waals surface area contributed by atoms with Crippen LogP contribution in [0.2, 0.25) is 0 Å². The first-order chi connectivity index (χ1) is 11.8. The molecule has 0 aliphatic carbocycles. The average Bonchev–Trinajstić information content (AvgIpc) is 3.09. The molecule has 0 aliphatic heterocycles. The first-order valence-corrected chi connectivity index (χ1v) is 8.15. The first kappa shape index (κ1) is 19.1. The quantitative estimate of drug-likeness (QED) is 0.669. The van der Waals surface area contributed by atoms with Crippen LogP contribution in [0.3, 0.4) is 0 Å². The summed E-state index contributed by atoms with van der Waals surface area (Å²) in [4.78, 5) is 6.65. The van der Waals surface area contributed by atoms with Crippen LogP contribution in [0.15, 0.2) is 65.2 Å². The highest BCUT2D eigenvalue weighted by atomic mass is 35.5. The summed E-state index contributed by atoms with van der Waals surface area (Å²) in [5.41, 5.74) is 8.14. The number of hydrogen-bond acceptors (Lipinski definition) is 5. The maximum Gasteiger partial charge on any atom is 0.240 e. The number of nitrogens with zero attached hydrogens (tertiary/aromatic N) is 3. The van der Waals surface area contributed by atoms with Crippen LogP contribution in [0.5, 0.6) is 0 Å². The van der Waals surface area contributed by atoms with Crippen LogP contribution in [0.1, 0.15) is 22.8 Å². The van der Waals surface area contributed by atoms with E-state index in [-0.39, 0.29) is 19.0 Å². The second kappa shape index (κ2) is 9.93. The van der Waals surface area contributed by atoms with Crippen LogP contribution in [0.4, 0.5) is 0 Å². The van der Waals surface area contributed by atoms with Gasteiger partial charge in [0.2, 0.25) is 5.89 Å². The lowest BCUT2D eigenvalue weighted by molar-refractivity contribution is 0.248. The smallest absolute Gasteiger partial charge is 0.240 e. The van der Waals surface area contributed by atoms with Crippen molar-refractivity contribution in [2.75, 3.05) is 6.54 Å². The van der Waals surface area contributed by atoms with Gasteiger partial charge in [0.25, 0.3) is 0 Å². The minimum atomic E-state index is 0. The van der Waals surface area contributed by atoms with Crippen molar-refractivity contribution < 1.29 is 4.52 Å². The monoisotopic (exact) mass is 358 g/mol. The third kappa shape index (κ3) is 5.98. The Morgan fingerprint density at radius 1 is 0.880 bits per heavy atom. The Morgan fingerprint density at radius 3 is 2.12 bits per heavy atom.